The van der Waals surface area contributed by atoms with Gasteiger partial charge in [-0.2, -0.15) is 8.42 Å². The van der Waals surface area contributed by atoms with Crippen LogP contribution in [-0.2, 0) is 10.1 Å². The van der Waals surface area contributed by atoms with Crippen LogP contribution in [0.1, 0.15) is 50.4 Å². The summed E-state index contributed by atoms with van der Waals surface area (Å²) < 4.78 is 33.5. The van der Waals surface area contributed by atoms with Gasteiger partial charge in [0.2, 0.25) is 0 Å². The number of hydrogen-bond acceptors (Lipinski definition) is 6. The van der Waals surface area contributed by atoms with Gasteiger partial charge in [0.15, 0.2) is 11.6 Å². The Balaban J connectivity index is 1.97. The van der Waals surface area contributed by atoms with Gasteiger partial charge in [-0.15, -0.1) is 0 Å². The first-order chi connectivity index (χ1) is 14.2. The van der Waals surface area contributed by atoms with Crippen molar-refractivity contribution >= 4 is 33.1 Å². The number of nitrogen functional groups attached to an aromatic ring is 1. The molecule has 0 aromatic heterocycles. The average molecular weight is 422 g/mol. The molecular weight excluding hydrogens is 404 g/mol. The van der Waals surface area contributed by atoms with E-state index in [1.807, 2.05) is 37.3 Å². The molecular formula is C22H18N2O5S. The fourth-order valence-electron chi connectivity index (χ4n) is 3.68. The van der Waals surface area contributed by atoms with Crippen molar-refractivity contribution in [1.82, 2.24) is 0 Å². The molecule has 1 aliphatic carbocycles. The maximum Gasteiger partial charge on any atom is 0.296 e. The summed E-state index contributed by atoms with van der Waals surface area (Å²) in [5, 5.41) is 3.10. The van der Waals surface area contributed by atoms with Crippen molar-refractivity contribution < 1.29 is 22.6 Å². The summed E-state index contributed by atoms with van der Waals surface area (Å²) in [6.45, 7) is 1.83. The monoisotopic (exact) mass is 422 g/mol. The molecule has 3 aromatic rings. The number of carbonyl (C=O) groups excluding carboxylic acids is 2. The lowest BCUT2D eigenvalue weighted by atomic mass is 9.82. The van der Waals surface area contributed by atoms with Crippen molar-refractivity contribution in [1.29, 1.82) is 0 Å². The normalized spacial score (nSPS) is 14.1. The van der Waals surface area contributed by atoms with E-state index in [1.54, 1.807) is 12.1 Å². The molecule has 0 saturated heterocycles. The lowest BCUT2D eigenvalue weighted by Crippen LogP contribution is -2.26. The second kappa shape index (κ2) is 7.08. The van der Waals surface area contributed by atoms with Gasteiger partial charge in [-0.1, -0.05) is 54.6 Å². The number of anilines is 2. The second-order valence-electron chi connectivity index (χ2n) is 7.04. The molecule has 1 aliphatic rings. The van der Waals surface area contributed by atoms with Crippen LogP contribution in [0.3, 0.4) is 0 Å². The third-order valence-corrected chi connectivity index (χ3v) is 6.04. The highest BCUT2D eigenvalue weighted by molar-refractivity contribution is 7.86. The van der Waals surface area contributed by atoms with Crippen molar-refractivity contribution in [2.45, 2.75) is 17.9 Å². The fourth-order valence-corrected chi connectivity index (χ4v) is 4.33. The number of nitrogens with two attached hydrogens (primary N) is 1. The molecule has 7 nitrogen and oxygen atoms in total. The number of fused-ring (bicyclic) bond motifs is 2. The van der Waals surface area contributed by atoms with Crippen LogP contribution in [0.5, 0.6) is 0 Å². The fraction of sp³-hybridized carbons (Fsp3) is 0.0909. The van der Waals surface area contributed by atoms with E-state index in [0.717, 1.165) is 11.6 Å². The van der Waals surface area contributed by atoms with Crippen LogP contribution >= 0.6 is 0 Å². The molecule has 4 N–H and O–H groups in total. The van der Waals surface area contributed by atoms with E-state index in [2.05, 4.69) is 5.32 Å². The maximum absolute atomic E-state index is 13.2. The SMILES string of the molecule is CC(Nc1cc(S(=O)(=O)O)c(N)c2c1C(=O)c1ccccc1C2=O)c1ccccc1. The van der Waals surface area contributed by atoms with E-state index in [4.69, 9.17) is 5.73 Å². The average Bonchev–Trinajstić information content (AvgIpc) is 2.72. The Morgan fingerprint density at radius 3 is 2.00 bits per heavy atom. The van der Waals surface area contributed by atoms with Crippen molar-refractivity contribution in [3.05, 3.63) is 88.5 Å². The third kappa shape index (κ3) is 3.16. The molecule has 1 atom stereocenters. The first-order valence-electron chi connectivity index (χ1n) is 9.14. The largest absolute Gasteiger partial charge is 0.397 e. The van der Waals surface area contributed by atoms with E-state index in [0.29, 0.717) is 0 Å². The molecule has 8 heteroatoms. The number of carbonyl (C=O) groups is 2. The lowest BCUT2D eigenvalue weighted by Gasteiger charge is -2.25. The summed E-state index contributed by atoms with van der Waals surface area (Å²) in [5.41, 5.74) is 6.63. The van der Waals surface area contributed by atoms with Crippen LogP contribution in [0.4, 0.5) is 11.4 Å². The molecule has 3 aromatic carbocycles. The summed E-state index contributed by atoms with van der Waals surface area (Å²) >= 11 is 0. The maximum atomic E-state index is 13.2. The van der Waals surface area contributed by atoms with Gasteiger partial charge in [-0.05, 0) is 18.6 Å². The summed E-state index contributed by atoms with van der Waals surface area (Å²) in [7, 11) is -4.74. The Bertz CT molecular complexity index is 1300. The van der Waals surface area contributed by atoms with Gasteiger partial charge in [-0.3, -0.25) is 14.1 Å². The minimum Gasteiger partial charge on any atom is -0.397 e. The number of ketones is 2. The number of rotatable bonds is 4. The Morgan fingerprint density at radius 2 is 1.43 bits per heavy atom. The third-order valence-electron chi connectivity index (χ3n) is 5.15. The van der Waals surface area contributed by atoms with Gasteiger partial charge in [0.05, 0.1) is 16.8 Å². The molecule has 0 fully saturated rings. The van der Waals surface area contributed by atoms with Crippen LogP contribution < -0.4 is 11.1 Å². The molecule has 0 amide bonds. The van der Waals surface area contributed by atoms with Crippen molar-refractivity contribution in [3.63, 3.8) is 0 Å². The summed E-state index contributed by atoms with van der Waals surface area (Å²) in [6, 6.07) is 16.3. The van der Waals surface area contributed by atoms with Crippen molar-refractivity contribution in [3.8, 4) is 0 Å². The standard InChI is InChI=1S/C22H18N2O5S/c1-12(13-7-3-2-4-8-13)24-16-11-17(30(27,28)29)20(23)19-18(16)21(25)14-9-5-6-10-15(14)22(19)26/h2-12,24H,23H2,1H3,(H,27,28,29). The molecule has 1 unspecified atom stereocenters. The van der Waals surface area contributed by atoms with Gasteiger partial charge in [0.1, 0.15) is 4.90 Å². The van der Waals surface area contributed by atoms with Gasteiger partial charge >= 0.3 is 0 Å². The van der Waals surface area contributed by atoms with Crippen LogP contribution in [-0.4, -0.2) is 24.5 Å². The quantitative estimate of drug-likeness (QED) is 0.339. The minimum atomic E-state index is -4.74. The molecule has 0 spiro atoms. The predicted molar refractivity (Wildman–Crippen MR) is 112 cm³/mol. The Kier molecular flexibility index (Phi) is 4.68. The molecule has 0 radical (unpaired) electrons. The predicted octanol–water partition coefficient (Wildman–Crippen LogP) is 3.46. The number of benzene rings is 3. The van der Waals surface area contributed by atoms with Gasteiger partial charge < -0.3 is 11.1 Å². The lowest BCUT2D eigenvalue weighted by molar-refractivity contribution is 0.0980. The van der Waals surface area contributed by atoms with E-state index >= 15 is 0 Å². The van der Waals surface area contributed by atoms with Crippen LogP contribution in [0.25, 0.3) is 0 Å². The van der Waals surface area contributed by atoms with E-state index in [9.17, 15) is 22.6 Å². The Hall–Kier alpha value is -3.49. The van der Waals surface area contributed by atoms with E-state index in [1.165, 1.54) is 12.1 Å². The Morgan fingerprint density at radius 1 is 0.900 bits per heavy atom. The van der Waals surface area contributed by atoms with Gasteiger partial charge in [0, 0.05) is 22.9 Å². The topological polar surface area (TPSA) is 127 Å². The highest BCUT2D eigenvalue weighted by Gasteiger charge is 2.36. The molecule has 4 rings (SSSR count). The summed E-state index contributed by atoms with van der Waals surface area (Å²) in [6.07, 6.45) is 0. The van der Waals surface area contributed by atoms with Crippen LogP contribution in [0.15, 0.2) is 65.6 Å². The smallest absolute Gasteiger partial charge is 0.296 e. The molecule has 0 aliphatic heterocycles. The first-order valence-corrected chi connectivity index (χ1v) is 10.6. The van der Waals surface area contributed by atoms with Gasteiger partial charge in [-0.25, -0.2) is 0 Å². The molecule has 0 heterocycles. The second-order valence-corrected chi connectivity index (χ2v) is 8.43. The van der Waals surface area contributed by atoms with E-state index < -0.39 is 32.3 Å². The molecule has 152 valence electrons. The zero-order valence-corrected chi connectivity index (χ0v) is 16.7. The molecule has 0 saturated carbocycles. The molecule has 30 heavy (non-hydrogen) atoms. The zero-order valence-electron chi connectivity index (χ0n) is 15.9. The number of nitrogens with one attached hydrogen (secondary N) is 1. The van der Waals surface area contributed by atoms with E-state index in [-0.39, 0.29) is 34.0 Å². The Labute approximate surface area is 173 Å². The summed E-state index contributed by atoms with van der Waals surface area (Å²) in [5.74, 6) is -1.02. The van der Waals surface area contributed by atoms with Crippen LogP contribution in [0, 0.1) is 0 Å². The zero-order chi connectivity index (χ0) is 21.6. The van der Waals surface area contributed by atoms with Crippen molar-refractivity contribution in [2.75, 3.05) is 11.1 Å². The van der Waals surface area contributed by atoms with Gasteiger partial charge in [0.25, 0.3) is 10.1 Å². The number of hydrogen-bond donors (Lipinski definition) is 3. The highest BCUT2D eigenvalue weighted by atomic mass is 32.2. The highest BCUT2D eigenvalue weighted by Crippen LogP contribution is 2.40. The summed E-state index contributed by atoms with van der Waals surface area (Å²) in [4.78, 5) is 25.8. The van der Waals surface area contributed by atoms with Crippen molar-refractivity contribution in [2.24, 2.45) is 0 Å². The minimum absolute atomic E-state index is 0.00798. The first kappa shape index (κ1) is 19.8. The molecule has 0 bridgehead atoms. The van der Waals surface area contributed by atoms with Crippen LogP contribution in [0.2, 0.25) is 0 Å².